The molecular formula is C20H25FN2OS. The van der Waals surface area contributed by atoms with Crippen LogP contribution in [0.2, 0.25) is 0 Å². The van der Waals surface area contributed by atoms with Gasteiger partial charge in [-0.3, -0.25) is 4.79 Å². The molecule has 3 nitrogen and oxygen atoms in total. The van der Waals surface area contributed by atoms with Crippen LogP contribution in [0.15, 0.2) is 24.3 Å². The fraction of sp³-hybridized carbons (Fsp3) is 0.450. The summed E-state index contributed by atoms with van der Waals surface area (Å²) in [5.41, 5.74) is 8.87. The normalized spacial score (nSPS) is 15.8. The summed E-state index contributed by atoms with van der Waals surface area (Å²) >= 11 is 1.66. The molecule has 0 spiro atoms. The fourth-order valence-corrected chi connectivity index (χ4v) is 5.13. The molecule has 2 aromatic rings. The minimum atomic E-state index is -0.294. The second kappa shape index (κ2) is 6.45. The van der Waals surface area contributed by atoms with Gasteiger partial charge in [-0.1, -0.05) is 26.8 Å². The number of fused-ring (bicyclic) bond motifs is 1. The van der Waals surface area contributed by atoms with Crippen molar-refractivity contribution in [2.75, 3.05) is 11.4 Å². The van der Waals surface area contributed by atoms with E-state index < -0.39 is 0 Å². The highest BCUT2D eigenvalue weighted by molar-refractivity contribution is 7.16. The second-order valence-corrected chi connectivity index (χ2v) is 8.98. The zero-order chi connectivity index (χ0) is 18.4. The number of carbonyl (C=O) groups is 1. The topological polar surface area (TPSA) is 46.3 Å². The highest BCUT2D eigenvalue weighted by Crippen LogP contribution is 2.43. The molecule has 2 heterocycles. The van der Waals surface area contributed by atoms with Crippen molar-refractivity contribution in [1.29, 1.82) is 0 Å². The second-order valence-electron chi connectivity index (χ2n) is 7.92. The molecule has 1 amide bonds. The van der Waals surface area contributed by atoms with Crippen molar-refractivity contribution >= 4 is 22.2 Å². The monoisotopic (exact) mass is 360 g/mol. The molecule has 1 aromatic heterocycles. The molecule has 1 aliphatic heterocycles. The van der Waals surface area contributed by atoms with E-state index in [4.69, 9.17) is 5.73 Å². The SMILES string of the molecule is Cc1cc(N2CCc3cc(F)ccc3C2)sc1C(C(N)=O)C(C)(C)C. The maximum atomic E-state index is 13.4. The first kappa shape index (κ1) is 17.9. The van der Waals surface area contributed by atoms with E-state index in [0.717, 1.165) is 40.5 Å². The van der Waals surface area contributed by atoms with E-state index in [1.54, 1.807) is 17.4 Å². The third-order valence-electron chi connectivity index (χ3n) is 4.85. The summed E-state index contributed by atoms with van der Waals surface area (Å²) in [5, 5.41) is 1.15. The number of amides is 1. The van der Waals surface area contributed by atoms with Crippen LogP contribution in [0.1, 0.15) is 48.3 Å². The Hall–Kier alpha value is -1.88. The van der Waals surface area contributed by atoms with E-state index in [1.165, 1.54) is 11.6 Å². The zero-order valence-electron chi connectivity index (χ0n) is 15.2. The number of rotatable bonds is 3. The van der Waals surface area contributed by atoms with Gasteiger partial charge >= 0.3 is 0 Å². The van der Waals surface area contributed by atoms with Gasteiger partial charge in [-0.25, -0.2) is 4.39 Å². The highest BCUT2D eigenvalue weighted by Gasteiger charge is 2.34. The van der Waals surface area contributed by atoms with Crippen LogP contribution in [-0.4, -0.2) is 12.5 Å². The summed E-state index contributed by atoms with van der Waals surface area (Å²) in [7, 11) is 0. The Balaban J connectivity index is 1.90. The van der Waals surface area contributed by atoms with E-state index >= 15 is 0 Å². The first-order valence-electron chi connectivity index (χ1n) is 8.58. The first-order valence-corrected chi connectivity index (χ1v) is 9.40. The minimum Gasteiger partial charge on any atom is -0.369 e. The molecule has 0 saturated heterocycles. The number of carbonyl (C=O) groups excluding carboxylic acids is 1. The molecule has 5 heteroatoms. The molecule has 0 bridgehead atoms. The van der Waals surface area contributed by atoms with Crippen LogP contribution in [0, 0.1) is 18.2 Å². The number of benzene rings is 1. The third-order valence-corrected chi connectivity index (χ3v) is 6.21. The summed E-state index contributed by atoms with van der Waals surface area (Å²) in [6.45, 7) is 9.81. The van der Waals surface area contributed by atoms with Gasteiger partial charge in [0.05, 0.1) is 10.9 Å². The molecule has 1 aliphatic rings. The van der Waals surface area contributed by atoms with Crippen LogP contribution < -0.4 is 10.6 Å². The zero-order valence-corrected chi connectivity index (χ0v) is 16.0. The van der Waals surface area contributed by atoms with Crippen LogP contribution in [0.25, 0.3) is 0 Å². The minimum absolute atomic E-state index is 0.170. The summed E-state index contributed by atoms with van der Waals surface area (Å²) in [6.07, 6.45) is 0.831. The predicted octanol–water partition coefficient (Wildman–Crippen LogP) is 4.37. The Bertz CT molecular complexity index is 807. The molecule has 0 saturated carbocycles. The summed E-state index contributed by atoms with van der Waals surface area (Å²) < 4.78 is 13.4. The summed E-state index contributed by atoms with van der Waals surface area (Å²) in [4.78, 5) is 15.4. The number of anilines is 1. The lowest BCUT2D eigenvalue weighted by Gasteiger charge is -2.30. The van der Waals surface area contributed by atoms with Gasteiger partial charge in [0, 0.05) is 18.0 Å². The molecular weight excluding hydrogens is 335 g/mol. The maximum absolute atomic E-state index is 13.4. The third kappa shape index (κ3) is 3.56. The van der Waals surface area contributed by atoms with Gasteiger partial charge < -0.3 is 10.6 Å². The summed E-state index contributed by atoms with van der Waals surface area (Å²) in [6, 6.07) is 7.19. The number of nitrogens with zero attached hydrogens (tertiary/aromatic N) is 1. The van der Waals surface area contributed by atoms with Crippen molar-refractivity contribution < 1.29 is 9.18 Å². The van der Waals surface area contributed by atoms with Crippen molar-refractivity contribution in [2.24, 2.45) is 11.1 Å². The molecule has 0 radical (unpaired) electrons. The molecule has 2 N–H and O–H groups in total. The van der Waals surface area contributed by atoms with Gasteiger partial charge in [0.2, 0.25) is 5.91 Å². The van der Waals surface area contributed by atoms with Crippen molar-refractivity contribution in [1.82, 2.24) is 0 Å². The van der Waals surface area contributed by atoms with Crippen LogP contribution in [-0.2, 0) is 17.8 Å². The Morgan fingerprint density at radius 1 is 1.28 bits per heavy atom. The van der Waals surface area contributed by atoms with Crippen LogP contribution in [0.4, 0.5) is 9.39 Å². The summed E-state index contributed by atoms with van der Waals surface area (Å²) in [5.74, 6) is -0.739. The highest BCUT2D eigenvalue weighted by atomic mass is 32.1. The van der Waals surface area contributed by atoms with Gasteiger partial charge in [0.15, 0.2) is 0 Å². The fourth-order valence-electron chi connectivity index (χ4n) is 3.58. The van der Waals surface area contributed by atoms with E-state index in [-0.39, 0.29) is 23.1 Å². The average molecular weight is 360 g/mol. The molecule has 0 aliphatic carbocycles. The van der Waals surface area contributed by atoms with Crippen molar-refractivity contribution in [3.05, 3.63) is 51.7 Å². The Morgan fingerprint density at radius 2 is 2.00 bits per heavy atom. The number of hydrogen-bond donors (Lipinski definition) is 1. The molecule has 134 valence electrons. The number of halogens is 1. The van der Waals surface area contributed by atoms with E-state index in [1.807, 2.05) is 33.8 Å². The maximum Gasteiger partial charge on any atom is 0.226 e. The molecule has 0 fully saturated rings. The van der Waals surface area contributed by atoms with Gasteiger partial charge in [-0.2, -0.15) is 0 Å². The smallest absolute Gasteiger partial charge is 0.226 e. The van der Waals surface area contributed by atoms with Gasteiger partial charge in [0.1, 0.15) is 5.82 Å². The Kier molecular flexibility index (Phi) is 4.62. The average Bonchev–Trinajstić information content (AvgIpc) is 2.86. The van der Waals surface area contributed by atoms with E-state index in [0.29, 0.717) is 0 Å². The van der Waals surface area contributed by atoms with E-state index in [9.17, 15) is 9.18 Å². The van der Waals surface area contributed by atoms with Gasteiger partial charge in [-0.05, 0) is 53.6 Å². The number of primary amides is 1. The van der Waals surface area contributed by atoms with Crippen molar-refractivity contribution in [3.63, 3.8) is 0 Å². The molecule has 1 unspecified atom stereocenters. The molecule has 1 aromatic carbocycles. The van der Waals surface area contributed by atoms with Crippen LogP contribution in [0.3, 0.4) is 0 Å². The molecule has 3 rings (SSSR count). The quantitative estimate of drug-likeness (QED) is 0.883. The van der Waals surface area contributed by atoms with Crippen molar-refractivity contribution in [3.8, 4) is 0 Å². The largest absolute Gasteiger partial charge is 0.369 e. The predicted molar refractivity (Wildman–Crippen MR) is 102 cm³/mol. The Labute approximate surface area is 152 Å². The lowest BCUT2D eigenvalue weighted by atomic mass is 9.78. The molecule has 1 atom stereocenters. The van der Waals surface area contributed by atoms with Crippen LogP contribution in [0.5, 0.6) is 0 Å². The standard InChI is InChI=1S/C20H25FN2OS/c1-12-9-16(25-18(12)17(19(22)24)20(2,3)4)23-8-7-13-10-15(21)6-5-14(13)11-23/h5-6,9-10,17H,7-8,11H2,1-4H3,(H2,22,24). The van der Waals surface area contributed by atoms with Gasteiger partial charge in [-0.15, -0.1) is 11.3 Å². The number of hydrogen-bond acceptors (Lipinski definition) is 3. The Morgan fingerprint density at radius 3 is 2.64 bits per heavy atom. The van der Waals surface area contributed by atoms with E-state index in [2.05, 4.69) is 11.0 Å². The number of aryl methyl sites for hydroxylation is 1. The lowest BCUT2D eigenvalue weighted by molar-refractivity contribution is -0.121. The number of nitrogens with two attached hydrogens (primary N) is 1. The van der Waals surface area contributed by atoms with Gasteiger partial charge in [0.25, 0.3) is 0 Å². The number of thiophene rings is 1. The molecule has 25 heavy (non-hydrogen) atoms. The van der Waals surface area contributed by atoms with Crippen LogP contribution >= 0.6 is 11.3 Å². The lowest BCUT2D eigenvalue weighted by Crippen LogP contribution is -2.31. The van der Waals surface area contributed by atoms with Crippen molar-refractivity contribution in [2.45, 2.75) is 46.6 Å². The first-order chi connectivity index (χ1) is 11.7.